The zero-order valence-electron chi connectivity index (χ0n) is 15.5. The second kappa shape index (κ2) is 8.79. The molecular weight excluding hydrogens is 362 g/mol. The average molecular weight is 385 g/mol. The summed E-state index contributed by atoms with van der Waals surface area (Å²) in [4.78, 5) is 41.2. The van der Waals surface area contributed by atoms with E-state index >= 15 is 0 Å². The number of benzene rings is 1. The van der Waals surface area contributed by atoms with Gasteiger partial charge < -0.3 is 15.2 Å². The Morgan fingerprint density at radius 3 is 2.93 bits per heavy atom. The van der Waals surface area contributed by atoms with E-state index in [0.29, 0.717) is 17.4 Å². The van der Waals surface area contributed by atoms with Crippen LogP contribution in [0.1, 0.15) is 35.4 Å². The number of carbonyl (C=O) groups excluding carboxylic acids is 1. The fourth-order valence-electron chi connectivity index (χ4n) is 3.25. The minimum atomic E-state index is -1.19. The lowest BCUT2D eigenvalue weighted by Gasteiger charge is -2.15. The molecule has 148 valence electrons. The van der Waals surface area contributed by atoms with Crippen molar-refractivity contribution < 1.29 is 19.4 Å². The molecule has 1 aliphatic heterocycles. The minimum Gasteiger partial charge on any atom is -0.480 e. The highest BCUT2D eigenvalue weighted by molar-refractivity contribution is 5.99. The smallest absolute Gasteiger partial charge is 0.328 e. The van der Waals surface area contributed by atoms with E-state index in [0.717, 1.165) is 31.5 Å². The van der Waals surface area contributed by atoms with Crippen LogP contribution in [-0.4, -0.2) is 45.8 Å². The van der Waals surface area contributed by atoms with Crippen LogP contribution in [0.2, 0.25) is 0 Å². The van der Waals surface area contributed by atoms with Gasteiger partial charge in [-0.3, -0.25) is 14.2 Å². The van der Waals surface area contributed by atoms with Crippen molar-refractivity contribution in [1.29, 1.82) is 0 Å². The number of carboxylic acids is 1. The number of nitrogens with one attached hydrogen (secondary N) is 1. The van der Waals surface area contributed by atoms with Crippen LogP contribution in [0.15, 0.2) is 35.6 Å². The van der Waals surface area contributed by atoms with Crippen molar-refractivity contribution in [3.8, 4) is 0 Å². The van der Waals surface area contributed by atoms with Gasteiger partial charge in [-0.25, -0.2) is 9.78 Å². The van der Waals surface area contributed by atoms with Crippen LogP contribution in [-0.2, 0) is 22.5 Å². The summed E-state index contributed by atoms with van der Waals surface area (Å²) in [6.07, 6.45) is 5.20. The van der Waals surface area contributed by atoms with Gasteiger partial charge in [0.1, 0.15) is 5.82 Å². The zero-order chi connectivity index (χ0) is 20.1. The van der Waals surface area contributed by atoms with Gasteiger partial charge in [0.15, 0.2) is 6.04 Å². The number of hydrogen-bond donors (Lipinski definition) is 2. The highest BCUT2D eigenvalue weighted by Crippen LogP contribution is 2.16. The number of nitrogens with zero attached hydrogens (tertiary/aromatic N) is 2. The molecule has 2 N–H and O–H groups in total. The summed E-state index contributed by atoms with van der Waals surface area (Å²) in [5.41, 5.74) is 0.587. The molecule has 2 aromatic rings. The average Bonchev–Trinajstić information content (AvgIpc) is 2.92. The monoisotopic (exact) mass is 385 g/mol. The molecule has 8 heteroatoms. The minimum absolute atomic E-state index is 0.102. The molecule has 1 amide bonds. The summed E-state index contributed by atoms with van der Waals surface area (Å²) >= 11 is 0. The molecule has 1 aromatic carbocycles. The van der Waals surface area contributed by atoms with Crippen molar-refractivity contribution in [2.75, 3.05) is 13.2 Å². The lowest BCUT2D eigenvalue weighted by molar-refractivity contribution is -0.140. The summed E-state index contributed by atoms with van der Waals surface area (Å²) in [5, 5.41) is 12.1. The fourth-order valence-corrected chi connectivity index (χ4v) is 3.25. The lowest BCUT2D eigenvalue weighted by Crippen LogP contribution is -2.44. The maximum atomic E-state index is 12.7. The summed E-state index contributed by atoms with van der Waals surface area (Å²) in [5.74, 6) is -1.03. The summed E-state index contributed by atoms with van der Waals surface area (Å²) in [6.45, 7) is 4.16. The van der Waals surface area contributed by atoms with E-state index in [1.54, 1.807) is 10.6 Å². The molecule has 0 saturated heterocycles. The number of hydrogen-bond acceptors (Lipinski definition) is 5. The molecule has 0 radical (unpaired) electrons. The Labute approximate surface area is 161 Å². The maximum absolute atomic E-state index is 12.7. The van der Waals surface area contributed by atoms with Crippen LogP contribution in [0.4, 0.5) is 0 Å². The Morgan fingerprint density at radius 1 is 1.36 bits per heavy atom. The number of aryl methyl sites for hydroxylation is 1. The molecule has 0 aliphatic carbocycles. The predicted octanol–water partition coefficient (Wildman–Crippen LogP) is 1.51. The van der Waals surface area contributed by atoms with Crippen LogP contribution in [0.25, 0.3) is 10.9 Å². The Kier molecular flexibility index (Phi) is 6.20. The van der Waals surface area contributed by atoms with Crippen molar-refractivity contribution in [3.63, 3.8) is 0 Å². The first-order valence-corrected chi connectivity index (χ1v) is 9.27. The molecule has 8 nitrogen and oxygen atoms in total. The molecule has 0 spiro atoms. The number of carbonyl (C=O) groups is 2. The lowest BCUT2D eigenvalue weighted by atomic mass is 10.1. The SMILES string of the molecule is C=CCOCC(NC(=O)c1ccc2c(=O)n3c(nc2c1)CCCCC3)C(=O)O. The molecule has 1 atom stereocenters. The van der Waals surface area contributed by atoms with Crippen molar-refractivity contribution in [2.45, 2.75) is 38.3 Å². The van der Waals surface area contributed by atoms with Crippen LogP contribution in [0.5, 0.6) is 0 Å². The Bertz CT molecular complexity index is 966. The molecule has 28 heavy (non-hydrogen) atoms. The van der Waals surface area contributed by atoms with E-state index in [9.17, 15) is 19.5 Å². The number of carboxylic acid groups (broad SMARTS) is 1. The quantitative estimate of drug-likeness (QED) is 0.552. The summed E-state index contributed by atoms with van der Waals surface area (Å²) in [6, 6.07) is 3.42. The van der Waals surface area contributed by atoms with Crippen LogP contribution in [0, 0.1) is 0 Å². The Balaban J connectivity index is 1.86. The summed E-state index contributed by atoms with van der Waals surface area (Å²) < 4.78 is 6.85. The number of rotatable bonds is 7. The van der Waals surface area contributed by atoms with Gasteiger partial charge in [0.25, 0.3) is 11.5 Å². The number of aromatic nitrogens is 2. The third-order valence-electron chi connectivity index (χ3n) is 4.70. The van der Waals surface area contributed by atoms with Gasteiger partial charge >= 0.3 is 5.97 Å². The fraction of sp³-hybridized carbons (Fsp3) is 0.400. The van der Waals surface area contributed by atoms with Crippen LogP contribution < -0.4 is 10.9 Å². The maximum Gasteiger partial charge on any atom is 0.328 e. The first-order valence-electron chi connectivity index (χ1n) is 9.27. The van der Waals surface area contributed by atoms with E-state index in [-0.39, 0.29) is 24.3 Å². The number of aliphatic carboxylic acids is 1. The number of ether oxygens (including phenoxy) is 1. The van der Waals surface area contributed by atoms with Gasteiger partial charge in [-0.1, -0.05) is 12.5 Å². The van der Waals surface area contributed by atoms with Gasteiger partial charge in [0.05, 0.1) is 24.1 Å². The molecule has 1 aromatic heterocycles. The molecular formula is C20H23N3O5. The largest absolute Gasteiger partial charge is 0.480 e. The highest BCUT2D eigenvalue weighted by atomic mass is 16.5. The molecule has 1 aliphatic rings. The zero-order valence-corrected chi connectivity index (χ0v) is 15.5. The normalized spacial score (nSPS) is 14.7. The Morgan fingerprint density at radius 2 is 2.18 bits per heavy atom. The first kappa shape index (κ1) is 19.8. The third-order valence-corrected chi connectivity index (χ3v) is 4.70. The van der Waals surface area contributed by atoms with E-state index in [1.165, 1.54) is 18.2 Å². The first-order chi connectivity index (χ1) is 13.5. The van der Waals surface area contributed by atoms with Crippen molar-refractivity contribution in [3.05, 3.63) is 52.6 Å². The highest BCUT2D eigenvalue weighted by Gasteiger charge is 2.22. The van der Waals surface area contributed by atoms with E-state index in [4.69, 9.17) is 4.74 Å². The molecule has 3 rings (SSSR count). The summed E-state index contributed by atoms with van der Waals surface area (Å²) in [7, 11) is 0. The van der Waals surface area contributed by atoms with E-state index in [2.05, 4.69) is 16.9 Å². The van der Waals surface area contributed by atoms with E-state index < -0.39 is 17.9 Å². The molecule has 2 heterocycles. The van der Waals surface area contributed by atoms with Crippen LogP contribution >= 0.6 is 0 Å². The topological polar surface area (TPSA) is 111 Å². The van der Waals surface area contributed by atoms with Gasteiger partial charge in [0.2, 0.25) is 0 Å². The third kappa shape index (κ3) is 4.28. The number of amides is 1. The number of fused-ring (bicyclic) bond motifs is 2. The van der Waals surface area contributed by atoms with Gasteiger partial charge in [-0.2, -0.15) is 0 Å². The molecule has 1 unspecified atom stereocenters. The van der Waals surface area contributed by atoms with Crippen molar-refractivity contribution >= 4 is 22.8 Å². The molecule has 0 fully saturated rings. The Hall–Kier alpha value is -3.00. The van der Waals surface area contributed by atoms with Gasteiger partial charge in [-0.05, 0) is 31.0 Å². The van der Waals surface area contributed by atoms with Crippen molar-refractivity contribution in [1.82, 2.24) is 14.9 Å². The standard InChI is InChI=1S/C20H23N3O5/c1-2-10-28-12-16(20(26)27)22-18(24)13-7-8-14-15(11-13)21-17-6-4-3-5-9-23(17)19(14)25/h2,7-8,11,16H,1,3-6,9-10,12H2,(H,22,24)(H,26,27). The molecule has 0 bridgehead atoms. The molecule has 0 saturated carbocycles. The second-order valence-corrected chi connectivity index (χ2v) is 6.72. The van der Waals surface area contributed by atoms with Crippen molar-refractivity contribution in [2.24, 2.45) is 0 Å². The second-order valence-electron chi connectivity index (χ2n) is 6.72. The van der Waals surface area contributed by atoms with Crippen LogP contribution in [0.3, 0.4) is 0 Å². The predicted molar refractivity (Wildman–Crippen MR) is 103 cm³/mol. The van der Waals surface area contributed by atoms with Gasteiger partial charge in [0, 0.05) is 18.5 Å². The van der Waals surface area contributed by atoms with E-state index in [1.807, 2.05) is 0 Å². The van der Waals surface area contributed by atoms with Gasteiger partial charge in [-0.15, -0.1) is 6.58 Å².